The van der Waals surface area contributed by atoms with Crippen molar-refractivity contribution in [3.05, 3.63) is 36.2 Å². The number of para-hydroxylation sites is 1. The number of amides is 1. The molecule has 1 saturated carbocycles. The number of carbonyl (C=O) groups excluding carboxylic acids is 1. The molecule has 0 aliphatic heterocycles. The van der Waals surface area contributed by atoms with Crippen LogP contribution in [0, 0.1) is 0 Å². The molecule has 1 aliphatic carbocycles. The van der Waals surface area contributed by atoms with Gasteiger partial charge in [0.2, 0.25) is 5.91 Å². The molecule has 1 aromatic heterocycles. The van der Waals surface area contributed by atoms with Crippen molar-refractivity contribution in [1.82, 2.24) is 20.1 Å². The highest BCUT2D eigenvalue weighted by atomic mass is 32.2. The van der Waals surface area contributed by atoms with Crippen molar-refractivity contribution in [3.63, 3.8) is 0 Å². The van der Waals surface area contributed by atoms with Gasteiger partial charge in [-0.2, -0.15) is 0 Å². The van der Waals surface area contributed by atoms with Gasteiger partial charge in [0, 0.05) is 18.2 Å². The van der Waals surface area contributed by atoms with Crippen molar-refractivity contribution in [1.29, 1.82) is 0 Å². The molecule has 0 spiro atoms. The van der Waals surface area contributed by atoms with Crippen LogP contribution in [0.25, 0.3) is 5.69 Å². The summed E-state index contributed by atoms with van der Waals surface area (Å²) in [4.78, 5) is 11.9. The summed E-state index contributed by atoms with van der Waals surface area (Å²) in [5, 5.41) is 12.4. The number of carbonyl (C=O) groups is 1. The lowest BCUT2D eigenvalue weighted by molar-refractivity contribution is -0.118. The minimum absolute atomic E-state index is 0.0547. The van der Waals surface area contributed by atoms with Gasteiger partial charge in [0.05, 0.1) is 5.75 Å². The van der Waals surface area contributed by atoms with Crippen LogP contribution in [0.2, 0.25) is 0 Å². The van der Waals surface area contributed by atoms with Gasteiger partial charge < -0.3 is 5.32 Å². The van der Waals surface area contributed by atoms with Crippen molar-refractivity contribution in [3.8, 4) is 5.69 Å². The molecule has 1 N–H and O–H groups in total. The zero-order valence-corrected chi connectivity index (χ0v) is 14.2. The average Bonchev–Trinajstić information content (AvgIpc) is 3.33. The fraction of sp³-hybridized carbons (Fsp3) is 0.471. The molecule has 122 valence electrons. The van der Waals surface area contributed by atoms with Crippen molar-refractivity contribution >= 4 is 17.7 Å². The third-order valence-corrected chi connectivity index (χ3v) is 4.73. The molecule has 0 bridgehead atoms. The molecule has 1 heterocycles. The van der Waals surface area contributed by atoms with Crippen LogP contribution in [0.4, 0.5) is 0 Å². The molecule has 1 fully saturated rings. The number of rotatable bonds is 8. The minimum Gasteiger partial charge on any atom is -0.355 e. The van der Waals surface area contributed by atoms with Crippen LogP contribution in [0.3, 0.4) is 0 Å². The summed E-state index contributed by atoms with van der Waals surface area (Å²) in [5.74, 6) is 1.96. The van der Waals surface area contributed by atoms with E-state index in [2.05, 4.69) is 39.1 Å². The van der Waals surface area contributed by atoms with Crippen molar-refractivity contribution < 1.29 is 4.79 Å². The van der Waals surface area contributed by atoms with Gasteiger partial charge in [0.1, 0.15) is 5.82 Å². The van der Waals surface area contributed by atoms with E-state index in [9.17, 15) is 4.79 Å². The zero-order chi connectivity index (χ0) is 16.1. The maximum Gasteiger partial charge on any atom is 0.230 e. The Morgan fingerprint density at radius 3 is 2.78 bits per heavy atom. The predicted molar refractivity (Wildman–Crippen MR) is 92.0 cm³/mol. The average molecular weight is 330 g/mol. The van der Waals surface area contributed by atoms with E-state index in [1.165, 1.54) is 24.6 Å². The monoisotopic (exact) mass is 330 g/mol. The first kappa shape index (κ1) is 16.1. The first-order valence-electron chi connectivity index (χ1n) is 8.20. The Kier molecular flexibility index (Phi) is 5.33. The van der Waals surface area contributed by atoms with Gasteiger partial charge in [-0.25, -0.2) is 0 Å². The molecule has 3 rings (SSSR count). The SMILES string of the molecule is CCCCNC(=O)CSc1nnc(C2CC2)n1-c1ccccc1. The first-order chi connectivity index (χ1) is 11.3. The van der Waals surface area contributed by atoms with Gasteiger partial charge in [0.25, 0.3) is 0 Å². The number of nitrogens with one attached hydrogen (secondary N) is 1. The summed E-state index contributed by atoms with van der Waals surface area (Å²) in [7, 11) is 0. The lowest BCUT2D eigenvalue weighted by Crippen LogP contribution is -2.26. The Labute approximate surface area is 140 Å². The molecule has 6 heteroatoms. The van der Waals surface area contributed by atoms with Gasteiger partial charge in [0.15, 0.2) is 5.16 Å². The van der Waals surface area contributed by atoms with E-state index in [1.54, 1.807) is 0 Å². The second-order valence-corrected chi connectivity index (χ2v) is 6.72. The van der Waals surface area contributed by atoms with Gasteiger partial charge >= 0.3 is 0 Å². The molecule has 1 amide bonds. The standard InChI is InChI=1S/C17H22N4OS/c1-2-3-11-18-15(22)12-23-17-20-19-16(13-9-10-13)21(17)14-7-5-4-6-8-14/h4-8,13H,2-3,9-12H2,1H3,(H,18,22). The molecule has 0 radical (unpaired) electrons. The summed E-state index contributed by atoms with van der Waals surface area (Å²) < 4.78 is 2.10. The number of aromatic nitrogens is 3. The van der Waals surface area contributed by atoms with Crippen LogP contribution in [-0.2, 0) is 4.79 Å². The molecular weight excluding hydrogens is 308 g/mol. The molecule has 0 unspecified atom stereocenters. The lowest BCUT2D eigenvalue weighted by atomic mass is 10.3. The number of nitrogens with zero attached hydrogens (tertiary/aromatic N) is 3. The summed E-state index contributed by atoms with van der Waals surface area (Å²) in [6.45, 7) is 2.86. The molecule has 23 heavy (non-hydrogen) atoms. The Morgan fingerprint density at radius 1 is 1.30 bits per heavy atom. The van der Waals surface area contributed by atoms with E-state index in [1.807, 2.05) is 18.2 Å². The molecular formula is C17H22N4OS. The van der Waals surface area contributed by atoms with Crippen molar-refractivity contribution in [2.24, 2.45) is 0 Å². The fourth-order valence-corrected chi connectivity index (χ4v) is 3.17. The lowest BCUT2D eigenvalue weighted by Gasteiger charge is -2.09. The van der Waals surface area contributed by atoms with E-state index < -0.39 is 0 Å². The largest absolute Gasteiger partial charge is 0.355 e. The Balaban J connectivity index is 1.71. The second kappa shape index (κ2) is 7.64. The summed E-state index contributed by atoms with van der Waals surface area (Å²) >= 11 is 1.45. The Morgan fingerprint density at radius 2 is 2.09 bits per heavy atom. The van der Waals surface area contributed by atoms with Gasteiger partial charge in [-0.15, -0.1) is 10.2 Å². The van der Waals surface area contributed by atoms with Crippen LogP contribution in [0.5, 0.6) is 0 Å². The van der Waals surface area contributed by atoms with Crippen LogP contribution in [-0.4, -0.2) is 33.0 Å². The second-order valence-electron chi connectivity index (χ2n) is 5.78. The molecule has 1 aliphatic rings. The number of unbranched alkanes of at least 4 members (excludes halogenated alkanes) is 1. The zero-order valence-electron chi connectivity index (χ0n) is 13.4. The quantitative estimate of drug-likeness (QED) is 0.597. The summed E-state index contributed by atoms with van der Waals surface area (Å²) in [6, 6.07) is 10.1. The van der Waals surface area contributed by atoms with E-state index in [4.69, 9.17) is 0 Å². The first-order valence-corrected chi connectivity index (χ1v) is 9.18. The normalized spacial score (nSPS) is 14.0. The van der Waals surface area contributed by atoms with Crippen LogP contribution < -0.4 is 5.32 Å². The van der Waals surface area contributed by atoms with E-state index in [-0.39, 0.29) is 5.91 Å². The van der Waals surface area contributed by atoms with Gasteiger partial charge in [-0.05, 0) is 31.4 Å². The van der Waals surface area contributed by atoms with Crippen LogP contribution in [0.15, 0.2) is 35.5 Å². The van der Waals surface area contributed by atoms with E-state index >= 15 is 0 Å². The van der Waals surface area contributed by atoms with Crippen molar-refractivity contribution in [2.75, 3.05) is 12.3 Å². The molecule has 1 aromatic carbocycles. The van der Waals surface area contributed by atoms with Gasteiger partial charge in [-0.1, -0.05) is 43.3 Å². The highest BCUT2D eigenvalue weighted by Crippen LogP contribution is 2.41. The molecule has 0 saturated heterocycles. The molecule has 2 aromatic rings. The maximum absolute atomic E-state index is 11.9. The molecule has 5 nitrogen and oxygen atoms in total. The molecule has 0 atom stereocenters. The number of benzene rings is 1. The van der Waals surface area contributed by atoms with Crippen LogP contribution >= 0.6 is 11.8 Å². The minimum atomic E-state index is 0.0547. The smallest absolute Gasteiger partial charge is 0.230 e. The highest BCUT2D eigenvalue weighted by Gasteiger charge is 2.31. The van der Waals surface area contributed by atoms with Crippen LogP contribution in [0.1, 0.15) is 44.3 Å². The number of hydrogen-bond donors (Lipinski definition) is 1. The summed E-state index contributed by atoms with van der Waals surface area (Å²) in [5.41, 5.74) is 1.06. The third kappa shape index (κ3) is 4.13. The highest BCUT2D eigenvalue weighted by molar-refractivity contribution is 7.99. The Bertz CT molecular complexity index is 652. The number of thioether (sulfide) groups is 1. The Hall–Kier alpha value is -1.82. The fourth-order valence-electron chi connectivity index (χ4n) is 2.39. The van der Waals surface area contributed by atoms with Crippen molar-refractivity contribution in [2.45, 2.75) is 43.7 Å². The topological polar surface area (TPSA) is 59.8 Å². The van der Waals surface area contributed by atoms with E-state index in [0.29, 0.717) is 11.7 Å². The van der Waals surface area contributed by atoms with Gasteiger partial charge in [-0.3, -0.25) is 9.36 Å². The van der Waals surface area contributed by atoms with E-state index in [0.717, 1.165) is 36.1 Å². The number of hydrogen-bond acceptors (Lipinski definition) is 4. The third-order valence-electron chi connectivity index (χ3n) is 3.80. The maximum atomic E-state index is 11.9. The summed E-state index contributed by atoms with van der Waals surface area (Å²) in [6.07, 6.45) is 4.45. The predicted octanol–water partition coefficient (Wildman–Crippen LogP) is 3.15.